The van der Waals surface area contributed by atoms with Crippen LogP contribution in [0.5, 0.6) is 0 Å². The Morgan fingerprint density at radius 2 is 2.30 bits per heavy atom. The molecule has 0 saturated carbocycles. The highest BCUT2D eigenvalue weighted by Crippen LogP contribution is 2.07. The predicted octanol–water partition coefficient (Wildman–Crippen LogP) is 2.03. The molecule has 0 aromatic heterocycles. The van der Waals surface area contributed by atoms with Gasteiger partial charge in [-0.05, 0) is 13.3 Å². The van der Waals surface area contributed by atoms with Gasteiger partial charge in [0.15, 0.2) is 0 Å². The Balaban J connectivity index is 3.11. The Labute approximate surface area is 68.1 Å². The van der Waals surface area contributed by atoms with Crippen LogP contribution in [0.15, 0.2) is 12.2 Å². The van der Waals surface area contributed by atoms with Crippen molar-refractivity contribution in [2.45, 2.75) is 26.3 Å². The molecule has 0 rings (SSSR count). The maximum atomic E-state index is 5.71. The van der Waals surface area contributed by atoms with E-state index in [-0.39, 0.29) is 0 Å². The van der Waals surface area contributed by atoms with Crippen LogP contribution in [0, 0.1) is 0 Å². The smallest absolute Gasteiger partial charge is 0.0138 e. The minimum absolute atomic E-state index is 0.365. The van der Waals surface area contributed by atoms with Crippen LogP contribution in [0.2, 0.25) is 0 Å². The molecule has 2 N–H and O–H groups in total. The lowest BCUT2D eigenvalue weighted by Gasteiger charge is -2.06. The lowest BCUT2D eigenvalue weighted by atomic mass is 10.3. The first-order valence-electron chi connectivity index (χ1n) is 3.64. The Morgan fingerprint density at radius 1 is 1.70 bits per heavy atom. The summed E-state index contributed by atoms with van der Waals surface area (Å²) in [7, 11) is 0. The van der Waals surface area contributed by atoms with Crippen LogP contribution in [-0.4, -0.2) is 17.5 Å². The van der Waals surface area contributed by atoms with E-state index in [1.807, 2.05) is 18.7 Å². The quantitative estimate of drug-likeness (QED) is 0.621. The molecule has 0 spiro atoms. The number of hydrogen-bond acceptors (Lipinski definition) is 2. The minimum atomic E-state index is 0.365. The molecule has 0 aliphatic rings. The van der Waals surface area contributed by atoms with Crippen LogP contribution >= 0.6 is 11.8 Å². The molecule has 1 nitrogen and oxygen atoms in total. The molecule has 0 amide bonds. The van der Waals surface area contributed by atoms with E-state index in [9.17, 15) is 0 Å². The SMILES string of the molecule is C=C(C)CSCC(N)CC. The molecular formula is C8H17NS. The fourth-order valence-electron chi connectivity index (χ4n) is 0.502. The van der Waals surface area contributed by atoms with Crippen molar-refractivity contribution in [1.29, 1.82) is 0 Å². The second-order valence-corrected chi connectivity index (χ2v) is 3.67. The van der Waals surface area contributed by atoms with Crippen molar-refractivity contribution in [3.05, 3.63) is 12.2 Å². The van der Waals surface area contributed by atoms with E-state index in [1.165, 1.54) is 5.57 Å². The summed E-state index contributed by atoms with van der Waals surface area (Å²) in [6, 6.07) is 0.365. The first kappa shape index (κ1) is 10.0. The first-order valence-corrected chi connectivity index (χ1v) is 4.80. The molecule has 10 heavy (non-hydrogen) atoms. The van der Waals surface area contributed by atoms with Crippen molar-refractivity contribution in [1.82, 2.24) is 0 Å². The van der Waals surface area contributed by atoms with Gasteiger partial charge in [0.05, 0.1) is 0 Å². The van der Waals surface area contributed by atoms with E-state index in [2.05, 4.69) is 13.5 Å². The largest absolute Gasteiger partial charge is 0.327 e. The van der Waals surface area contributed by atoms with Crippen LogP contribution in [0.1, 0.15) is 20.3 Å². The maximum Gasteiger partial charge on any atom is 0.0138 e. The van der Waals surface area contributed by atoms with E-state index in [0.717, 1.165) is 17.9 Å². The molecule has 0 heterocycles. The Kier molecular flexibility index (Phi) is 5.84. The molecule has 0 aliphatic heterocycles. The van der Waals surface area contributed by atoms with Crippen molar-refractivity contribution in [3.63, 3.8) is 0 Å². The highest BCUT2D eigenvalue weighted by molar-refractivity contribution is 7.99. The standard InChI is InChI=1S/C8H17NS/c1-4-8(9)6-10-5-7(2)3/h8H,2,4-6,9H2,1,3H3. The minimum Gasteiger partial charge on any atom is -0.327 e. The van der Waals surface area contributed by atoms with Gasteiger partial charge in [-0.15, -0.1) is 0 Å². The summed E-state index contributed by atoms with van der Waals surface area (Å²) < 4.78 is 0. The van der Waals surface area contributed by atoms with Crippen molar-refractivity contribution < 1.29 is 0 Å². The van der Waals surface area contributed by atoms with Crippen LogP contribution in [0.4, 0.5) is 0 Å². The molecular weight excluding hydrogens is 142 g/mol. The van der Waals surface area contributed by atoms with E-state index in [0.29, 0.717) is 6.04 Å². The molecule has 2 heteroatoms. The van der Waals surface area contributed by atoms with Gasteiger partial charge in [0.1, 0.15) is 0 Å². The van der Waals surface area contributed by atoms with E-state index in [1.54, 1.807) is 0 Å². The molecule has 0 aromatic rings. The summed E-state index contributed by atoms with van der Waals surface area (Å²) >= 11 is 1.87. The average molecular weight is 159 g/mol. The second kappa shape index (κ2) is 5.81. The van der Waals surface area contributed by atoms with E-state index in [4.69, 9.17) is 5.73 Å². The molecule has 1 atom stereocenters. The van der Waals surface area contributed by atoms with Gasteiger partial charge in [-0.2, -0.15) is 11.8 Å². The van der Waals surface area contributed by atoms with Crippen molar-refractivity contribution in [2.75, 3.05) is 11.5 Å². The van der Waals surface area contributed by atoms with Gasteiger partial charge in [0.2, 0.25) is 0 Å². The average Bonchev–Trinajstić information content (AvgIpc) is 1.87. The zero-order valence-corrected chi connectivity index (χ0v) is 7.71. The number of hydrogen-bond donors (Lipinski definition) is 1. The van der Waals surface area contributed by atoms with Crippen LogP contribution in [0.25, 0.3) is 0 Å². The van der Waals surface area contributed by atoms with Crippen LogP contribution in [-0.2, 0) is 0 Å². The lowest BCUT2D eigenvalue weighted by Crippen LogP contribution is -2.21. The number of nitrogens with two attached hydrogens (primary N) is 1. The van der Waals surface area contributed by atoms with E-state index >= 15 is 0 Å². The van der Waals surface area contributed by atoms with Crippen molar-refractivity contribution >= 4 is 11.8 Å². The predicted molar refractivity (Wildman–Crippen MR) is 50.4 cm³/mol. The molecule has 0 radical (unpaired) electrons. The molecule has 0 bridgehead atoms. The molecule has 0 saturated heterocycles. The summed E-state index contributed by atoms with van der Waals surface area (Å²) in [5.74, 6) is 2.11. The third-order valence-corrected chi connectivity index (χ3v) is 2.57. The maximum absolute atomic E-state index is 5.71. The molecule has 0 fully saturated rings. The summed E-state index contributed by atoms with van der Waals surface area (Å²) in [6.45, 7) is 7.98. The normalized spacial score (nSPS) is 13.1. The molecule has 0 aromatic carbocycles. The summed E-state index contributed by atoms with van der Waals surface area (Å²) in [6.07, 6.45) is 1.07. The van der Waals surface area contributed by atoms with Crippen molar-refractivity contribution in [2.24, 2.45) is 5.73 Å². The summed E-state index contributed by atoms with van der Waals surface area (Å²) in [5, 5.41) is 0. The summed E-state index contributed by atoms with van der Waals surface area (Å²) in [5.41, 5.74) is 6.94. The Hall–Kier alpha value is 0.0500. The first-order chi connectivity index (χ1) is 4.66. The van der Waals surface area contributed by atoms with Crippen molar-refractivity contribution in [3.8, 4) is 0 Å². The molecule has 60 valence electrons. The van der Waals surface area contributed by atoms with Gasteiger partial charge >= 0.3 is 0 Å². The van der Waals surface area contributed by atoms with Gasteiger partial charge in [-0.1, -0.05) is 19.1 Å². The fraction of sp³-hybridized carbons (Fsp3) is 0.750. The van der Waals surface area contributed by atoms with Crippen LogP contribution < -0.4 is 5.73 Å². The topological polar surface area (TPSA) is 26.0 Å². The van der Waals surface area contributed by atoms with Gasteiger partial charge in [-0.25, -0.2) is 0 Å². The fourth-order valence-corrected chi connectivity index (χ4v) is 1.51. The van der Waals surface area contributed by atoms with Gasteiger partial charge in [0, 0.05) is 17.5 Å². The molecule has 1 unspecified atom stereocenters. The van der Waals surface area contributed by atoms with Gasteiger partial charge < -0.3 is 5.73 Å². The highest BCUT2D eigenvalue weighted by Gasteiger charge is 1.97. The third kappa shape index (κ3) is 6.17. The number of thioether (sulfide) groups is 1. The van der Waals surface area contributed by atoms with Crippen LogP contribution in [0.3, 0.4) is 0 Å². The van der Waals surface area contributed by atoms with Gasteiger partial charge in [-0.3, -0.25) is 0 Å². The Bertz CT molecular complexity index is 101. The zero-order valence-electron chi connectivity index (χ0n) is 6.89. The second-order valence-electron chi connectivity index (χ2n) is 2.64. The van der Waals surface area contributed by atoms with Gasteiger partial charge in [0.25, 0.3) is 0 Å². The lowest BCUT2D eigenvalue weighted by molar-refractivity contribution is 0.725. The molecule has 0 aliphatic carbocycles. The Morgan fingerprint density at radius 3 is 2.70 bits per heavy atom. The monoisotopic (exact) mass is 159 g/mol. The van der Waals surface area contributed by atoms with E-state index < -0.39 is 0 Å². The zero-order chi connectivity index (χ0) is 7.98. The third-order valence-electron chi connectivity index (χ3n) is 1.20. The summed E-state index contributed by atoms with van der Waals surface area (Å²) in [4.78, 5) is 0. The highest BCUT2D eigenvalue weighted by atomic mass is 32.2. The number of rotatable bonds is 5.